The molecule has 0 aliphatic carbocycles. The molecule has 1 N–H and O–H groups in total. The van der Waals surface area contributed by atoms with Gasteiger partial charge in [-0.25, -0.2) is 13.4 Å². The first kappa shape index (κ1) is 22.0. The number of nitrogens with one attached hydrogen (secondary N) is 1. The van der Waals surface area contributed by atoms with E-state index < -0.39 is 10.0 Å². The van der Waals surface area contributed by atoms with Crippen LogP contribution in [0.25, 0.3) is 0 Å². The summed E-state index contributed by atoms with van der Waals surface area (Å²) in [5, 5.41) is 6.52. The maximum absolute atomic E-state index is 13.3. The number of amides is 1. The number of rotatable bonds is 6. The van der Waals surface area contributed by atoms with Gasteiger partial charge in [-0.2, -0.15) is 5.10 Å². The van der Waals surface area contributed by atoms with E-state index >= 15 is 0 Å². The Morgan fingerprint density at radius 1 is 1.03 bits per heavy atom. The van der Waals surface area contributed by atoms with E-state index in [1.165, 1.54) is 5.01 Å². The van der Waals surface area contributed by atoms with Crippen LogP contribution >= 0.6 is 11.6 Å². The predicted octanol–water partition coefficient (Wildman–Crippen LogP) is 5.09. The van der Waals surface area contributed by atoms with Crippen molar-refractivity contribution in [3.05, 3.63) is 101 Å². The van der Waals surface area contributed by atoms with E-state index in [2.05, 4.69) is 9.82 Å². The van der Waals surface area contributed by atoms with Gasteiger partial charge >= 0.3 is 0 Å². The van der Waals surface area contributed by atoms with Crippen molar-refractivity contribution in [3.63, 3.8) is 0 Å². The van der Waals surface area contributed by atoms with Gasteiger partial charge in [-0.15, -0.1) is 0 Å². The Kier molecular flexibility index (Phi) is 6.30. The maximum atomic E-state index is 13.3. The van der Waals surface area contributed by atoms with Crippen molar-refractivity contribution in [2.75, 3.05) is 10.5 Å². The Hall–Kier alpha value is -3.16. The molecule has 8 heteroatoms. The lowest BCUT2D eigenvalue weighted by atomic mass is 9.98. The lowest BCUT2D eigenvalue weighted by Crippen LogP contribution is -2.27. The standard InChI is InChI=1S/C24H22ClN3O3S/c1-2-32(30,31)27-19-14-12-17(13-15-19)22-16-23(18-8-4-3-5-9-18)28(26-22)24(29)20-10-6-7-11-21(20)25/h3-15,23,27H,2,16H2,1H3/t23-/m1/s1. The summed E-state index contributed by atoms with van der Waals surface area (Å²) in [5.74, 6) is -0.272. The number of hydrogen-bond acceptors (Lipinski definition) is 4. The number of hydrazone groups is 1. The highest BCUT2D eigenvalue weighted by atomic mass is 35.5. The Morgan fingerprint density at radius 3 is 2.34 bits per heavy atom. The molecule has 0 bridgehead atoms. The molecule has 1 aliphatic heterocycles. The summed E-state index contributed by atoms with van der Waals surface area (Å²) in [7, 11) is -3.35. The van der Waals surface area contributed by atoms with Crippen LogP contribution in [0.2, 0.25) is 5.02 Å². The van der Waals surface area contributed by atoms with Gasteiger partial charge in [0.15, 0.2) is 0 Å². The summed E-state index contributed by atoms with van der Waals surface area (Å²) < 4.78 is 26.1. The van der Waals surface area contributed by atoms with Crippen molar-refractivity contribution in [3.8, 4) is 0 Å². The third-order valence-corrected chi connectivity index (χ3v) is 6.91. The molecular weight excluding hydrogens is 446 g/mol. The zero-order valence-corrected chi connectivity index (χ0v) is 19.0. The molecule has 164 valence electrons. The van der Waals surface area contributed by atoms with Gasteiger partial charge in [-0.05, 0) is 42.3 Å². The van der Waals surface area contributed by atoms with Gasteiger partial charge in [0.25, 0.3) is 5.91 Å². The minimum atomic E-state index is -3.35. The second-order valence-corrected chi connectivity index (χ2v) is 9.81. The zero-order chi connectivity index (χ0) is 22.7. The molecule has 1 atom stereocenters. The van der Waals surface area contributed by atoms with Crippen LogP contribution in [-0.4, -0.2) is 30.8 Å². The molecule has 1 aliphatic rings. The van der Waals surface area contributed by atoms with E-state index in [0.717, 1.165) is 16.8 Å². The highest BCUT2D eigenvalue weighted by Crippen LogP contribution is 2.35. The van der Waals surface area contributed by atoms with E-state index in [4.69, 9.17) is 11.6 Å². The van der Waals surface area contributed by atoms with Crippen LogP contribution in [0.5, 0.6) is 0 Å². The second-order valence-electron chi connectivity index (χ2n) is 7.39. The first-order valence-electron chi connectivity index (χ1n) is 10.2. The van der Waals surface area contributed by atoms with E-state index in [9.17, 15) is 13.2 Å². The van der Waals surface area contributed by atoms with Gasteiger partial charge < -0.3 is 0 Å². The Morgan fingerprint density at radius 2 is 1.69 bits per heavy atom. The SMILES string of the molecule is CCS(=O)(=O)Nc1ccc(C2=NN(C(=O)c3ccccc3Cl)[C@@H](c3ccccc3)C2)cc1. The number of carbonyl (C=O) groups is 1. The van der Waals surface area contributed by atoms with Crippen molar-refractivity contribution in [2.24, 2.45) is 5.10 Å². The van der Waals surface area contributed by atoms with Crippen LogP contribution in [0.4, 0.5) is 5.69 Å². The minimum Gasteiger partial charge on any atom is -0.284 e. The minimum absolute atomic E-state index is 0.000662. The van der Waals surface area contributed by atoms with Crippen LogP contribution in [0.3, 0.4) is 0 Å². The van der Waals surface area contributed by atoms with Crippen molar-refractivity contribution in [1.29, 1.82) is 0 Å². The monoisotopic (exact) mass is 467 g/mol. The number of anilines is 1. The van der Waals surface area contributed by atoms with E-state index in [0.29, 0.717) is 22.7 Å². The molecule has 1 amide bonds. The average Bonchev–Trinajstić information content (AvgIpc) is 3.25. The smallest absolute Gasteiger partial charge is 0.276 e. The molecule has 0 aromatic heterocycles. The van der Waals surface area contributed by atoms with Gasteiger partial charge in [-0.3, -0.25) is 9.52 Å². The Labute approximate surface area is 192 Å². The summed E-state index contributed by atoms with van der Waals surface area (Å²) in [6.07, 6.45) is 0.528. The van der Waals surface area contributed by atoms with Crippen molar-refractivity contribution in [1.82, 2.24) is 5.01 Å². The summed E-state index contributed by atoms with van der Waals surface area (Å²) in [4.78, 5) is 13.3. The summed E-state index contributed by atoms with van der Waals surface area (Å²) in [6.45, 7) is 1.58. The second kappa shape index (κ2) is 9.14. The van der Waals surface area contributed by atoms with Gasteiger partial charge in [0.05, 0.1) is 28.1 Å². The molecule has 0 fully saturated rings. The van der Waals surface area contributed by atoms with Crippen molar-refractivity contribution < 1.29 is 13.2 Å². The fourth-order valence-corrected chi connectivity index (χ4v) is 4.40. The van der Waals surface area contributed by atoms with Gasteiger partial charge in [-0.1, -0.05) is 66.2 Å². The lowest BCUT2D eigenvalue weighted by molar-refractivity contribution is 0.0711. The largest absolute Gasteiger partial charge is 0.284 e. The van der Waals surface area contributed by atoms with Crippen LogP contribution in [-0.2, 0) is 10.0 Å². The molecule has 0 saturated heterocycles. The van der Waals surface area contributed by atoms with Crippen LogP contribution in [0, 0.1) is 0 Å². The molecule has 0 radical (unpaired) electrons. The molecule has 3 aromatic rings. The van der Waals surface area contributed by atoms with E-state index in [1.807, 2.05) is 30.3 Å². The fourth-order valence-electron chi connectivity index (χ4n) is 3.55. The molecule has 3 aromatic carbocycles. The van der Waals surface area contributed by atoms with Gasteiger partial charge in [0, 0.05) is 12.1 Å². The maximum Gasteiger partial charge on any atom is 0.276 e. The molecule has 0 spiro atoms. The van der Waals surface area contributed by atoms with E-state index in [-0.39, 0.29) is 17.7 Å². The molecule has 6 nitrogen and oxygen atoms in total. The average molecular weight is 468 g/mol. The molecule has 0 saturated carbocycles. The zero-order valence-electron chi connectivity index (χ0n) is 17.4. The van der Waals surface area contributed by atoms with E-state index in [1.54, 1.807) is 55.5 Å². The van der Waals surface area contributed by atoms with Crippen molar-refractivity contribution in [2.45, 2.75) is 19.4 Å². The Bertz CT molecular complexity index is 1260. The molecule has 1 heterocycles. The number of carbonyl (C=O) groups excluding carboxylic acids is 1. The predicted molar refractivity (Wildman–Crippen MR) is 127 cm³/mol. The van der Waals surface area contributed by atoms with Crippen molar-refractivity contribution >= 4 is 38.9 Å². The first-order chi connectivity index (χ1) is 15.4. The highest BCUT2D eigenvalue weighted by Gasteiger charge is 2.34. The number of benzene rings is 3. The number of nitrogens with zero attached hydrogens (tertiary/aromatic N) is 2. The first-order valence-corrected chi connectivity index (χ1v) is 12.2. The van der Waals surface area contributed by atoms with Crippen LogP contribution < -0.4 is 4.72 Å². The van der Waals surface area contributed by atoms with Gasteiger partial charge in [0.2, 0.25) is 10.0 Å². The normalized spacial score (nSPS) is 16.0. The number of halogens is 1. The number of sulfonamides is 1. The highest BCUT2D eigenvalue weighted by molar-refractivity contribution is 7.92. The Balaban J connectivity index is 1.66. The molecule has 32 heavy (non-hydrogen) atoms. The molecule has 0 unspecified atom stereocenters. The lowest BCUT2D eigenvalue weighted by Gasteiger charge is -2.22. The fraction of sp³-hybridized carbons (Fsp3) is 0.167. The van der Waals surface area contributed by atoms with Crippen LogP contribution in [0.1, 0.15) is 40.9 Å². The van der Waals surface area contributed by atoms with Gasteiger partial charge in [0.1, 0.15) is 0 Å². The number of hydrogen-bond donors (Lipinski definition) is 1. The summed E-state index contributed by atoms with van der Waals surface area (Å²) in [6, 6.07) is 23.4. The quantitative estimate of drug-likeness (QED) is 0.548. The third kappa shape index (κ3) is 4.69. The molecular formula is C24H22ClN3O3S. The van der Waals surface area contributed by atoms with Crippen LogP contribution in [0.15, 0.2) is 84.0 Å². The summed E-state index contributed by atoms with van der Waals surface area (Å²) in [5.41, 5.74) is 3.41. The summed E-state index contributed by atoms with van der Waals surface area (Å²) >= 11 is 6.27. The third-order valence-electron chi connectivity index (χ3n) is 5.28. The topological polar surface area (TPSA) is 78.8 Å². The molecule has 4 rings (SSSR count).